The van der Waals surface area contributed by atoms with Gasteiger partial charge < -0.3 is 4.42 Å². The quantitative estimate of drug-likeness (QED) is 0.408. The van der Waals surface area contributed by atoms with Crippen LogP contribution in [-0.2, 0) is 19.9 Å². The number of nitriles is 2. The molecule has 0 fully saturated rings. The van der Waals surface area contributed by atoms with Gasteiger partial charge in [-0.2, -0.15) is 14.8 Å². The van der Waals surface area contributed by atoms with E-state index in [1.807, 2.05) is 12.1 Å². The molecular formula is C22H20N6O6S2. The smallest absolute Gasteiger partial charge is 0.322 e. The molecule has 0 aliphatic heterocycles. The Morgan fingerprint density at radius 1 is 0.972 bits per heavy atom. The van der Waals surface area contributed by atoms with Crippen molar-refractivity contribution in [1.82, 2.24) is 14.5 Å². The first kappa shape index (κ1) is 26.5. The minimum atomic E-state index is -3.98. The summed E-state index contributed by atoms with van der Waals surface area (Å²) in [5, 5.41) is 27.5. The number of aromatic nitrogens is 2. The van der Waals surface area contributed by atoms with E-state index in [2.05, 4.69) is 15.5 Å². The van der Waals surface area contributed by atoms with E-state index in [1.165, 1.54) is 36.4 Å². The summed E-state index contributed by atoms with van der Waals surface area (Å²) in [5.74, 6) is -0.779. The lowest BCUT2D eigenvalue weighted by Gasteiger charge is -2.20. The molecule has 186 valence electrons. The molecule has 1 N–H and O–H groups in total. The first-order valence-corrected chi connectivity index (χ1v) is 13.7. The molecule has 1 heterocycles. The number of hydrogen-bond donors (Lipinski definition) is 1. The Hall–Kier alpha value is -4.11. The number of carbonyl (C=O) groups excluding carboxylic acids is 1. The molecule has 3 aromatic rings. The molecule has 0 unspecified atom stereocenters. The average molecular weight is 529 g/mol. The van der Waals surface area contributed by atoms with Gasteiger partial charge in [-0.3, -0.25) is 10.1 Å². The molecule has 0 bridgehead atoms. The van der Waals surface area contributed by atoms with Gasteiger partial charge in [0.15, 0.2) is 9.84 Å². The van der Waals surface area contributed by atoms with Crippen molar-refractivity contribution >= 4 is 31.8 Å². The number of nitrogens with zero attached hydrogens (tertiary/aromatic N) is 5. The maximum Gasteiger partial charge on any atom is 0.322 e. The summed E-state index contributed by atoms with van der Waals surface area (Å²) in [6, 6.07) is 14.5. The molecule has 0 saturated carbocycles. The molecule has 2 aromatic carbocycles. The fraction of sp³-hybridized carbons (Fsp3) is 0.227. The van der Waals surface area contributed by atoms with Gasteiger partial charge in [0.05, 0.1) is 27.5 Å². The Bertz CT molecular complexity index is 1530. The molecule has 12 nitrogen and oxygen atoms in total. The van der Waals surface area contributed by atoms with Crippen molar-refractivity contribution in [2.45, 2.75) is 22.6 Å². The number of benzene rings is 2. The van der Waals surface area contributed by atoms with Gasteiger partial charge in [-0.05, 0) is 36.4 Å². The number of nitrogens with one attached hydrogen (secondary N) is 1. The van der Waals surface area contributed by atoms with Crippen LogP contribution in [0.1, 0.15) is 23.2 Å². The summed E-state index contributed by atoms with van der Waals surface area (Å²) < 4.78 is 56.2. The fourth-order valence-corrected chi connectivity index (χ4v) is 5.47. The summed E-state index contributed by atoms with van der Waals surface area (Å²) in [5.41, 5.74) is 0.269. The summed E-state index contributed by atoms with van der Waals surface area (Å²) >= 11 is 0. The van der Waals surface area contributed by atoms with Gasteiger partial charge in [0, 0.05) is 37.8 Å². The van der Waals surface area contributed by atoms with Gasteiger partial charge in [0.25, 0.3) is 11.8 Å². The molecule has 1 aromatic heterocycles. The van der Waals surface area contributed by atoms with E-state index in [0.29, 0.717) is 0 Å². The van der Waals surface area contributed by atoms with Crippen LogP contribution in [0, 0.1) is 22.7 Å². The third-order valence-electron chi connectivity index (χ3n) is 4.86. The van der Waals surface area contributed by atoms with Crippen molar-refractivity contribution in [1.29, 1.82) is 10.5 Å². The minimum Gasteiger partial charge on any atom is -0.403 e. The predicted molar refractivity (Wildman–Crippen MR) is 126 cm³/mol. The molecule has 0 aliphatic carbocycles. The van der Waals surface area contributed by atoms with Gasteiger partial charge in [0.1, 0.15) is 0 Å². The van der Waals surface area contributed by atoms with Gasteiger partial charge in [-0.25, -0.2) is 16.8 Å². The Morgan fingerprint density at radius 3 is 2.17 bits per heavy atom. The number of anilines is 1. The van der Waals surface area contributed by atoms with E-state index in [1.54, 1.807) is 12.1 Å². The Balaban J connectivity index is 1.77. The van der Waals surface area contributed by atoms with Crippen molar-refractivity contribution in [3.8, 4) is 23.6 Å². The number of sulfonamides is 1. The standard InChI is InChI=1S/C22H20N6O6S2/c1-35(30,31)19-7-3-2-6-18(19)21-26-27-22(34-21)25-20(29)16-8-10-17(11-9-16)36(32,33)28(14-4-12-23)15-5-13-24/h2-3,6-11H,4-5,14-15H2,1H3,(H,25,27,29). The summed E-state index contributed by atoms with van der Waals surface area (Å²) in [6.45, 7) is -0.130. The summed E-state index contributed by atoms with van der Waals surface area (Å²) in [7, 11) is -7.55. The highest BCUT2D eigenvalue weighted by atomic mass is 32.2. The van der Waals surface area contributed by atoms with Crippen LogP contribution in [0.15, 0.2) is 62.7 Å². The first-order chi connectivity index (χ1) is 17.1. The fourth-order valence-electron chi connectivity index (χ4n) is 3.15. The van der Waals surface area contributed by atoms with E-state index in [4.69, 9.17) is 14.9 Å². The van der Waals surface area contributed by atoms with Crippen molar-refractivity contribution in [3.63, 3.8) is 0 Å². The summed E-state index contributed by atoms with van der Waals surface area (Å²) in [6.07, 6.45) is 0.971. The zero-order valence-corrected chi connectivity index (χ0v) is 20.6. The molecule has 1 amide bonds. The van der Waals surface area contributed by atoms with Crippen LogP contribution in [-0.4, -0.2) is 56.6 Å². The van der Waals surface area contributed by atoms with E-state index in [0.717, 1.165) is 10.6 Å². The van der Waals surface area contributed by atoms with Crippen molar-refractivity contribution in [2.24, 2.45) is 0 Å². The molecule has 0 atom stereocenters. The number of amides is 1. The second-order valence-electron chi connectivity index (χ2n) is 7.38. The Kier molecular flexibility index (Phi) is 8.16. The lowest BCUT2D eigenvalue weighted by atomic mass is 10.2. The number of sulfone groups is 1. The van der Waals surface area contributed by atoms with Crippen LogP contribution in [0.2, 0.25) is 0 Å². The third-order valence-corrected chi connectivity index (χ3v) is 7.93. The Morgan fingerprint density at radius 2 is 1.58 bits per heavy atom. The van der Waals surface area contributed by atoms with Crippen LogP contribution < -0.4 is 5.32 Å². The van der Waals surface area contributed by atoms with E-state index < -0.39 is 25.8 Å². The molecule has 14 heteroatoms. The molecular weight excluding hydrogens is 508 g/mol. The van der Waals surface area contributed by atoms with Gasteiger partial charge in [0.2, 0.25) is 10.0 Å². The maximum absolute atomic E-state index is 12.9. The maximum atomic E-state index is 12.9. The first-order valence-electron chi connectivity index (χ1n) is 10.4. The topological polar surface area (TPSA) is 187 Å². The van der Waals surface area contributed by atoms with Crippen molar-refractivity contribution < 1.29 is 26.0 Å². The average Bonchev–Trinajstić information content (AvgIpc) is 3.32. The normalized spacial score (nSPS) is 11.6. The SMILES string of the molecule is CS(=O)(=O)c1ccccc1-c1nnc(NC(=O)c2ccc(S(=O)(=O)N(CCC#N)CCC#N)cc2)o1. The number of rotatable bonds is 10. The highest BCUT2D eigenvalue weighted by molar-refractivity contribution is 7.90. The zero-order valence-electron chi connectivity index (χ0n) is 18.9. The lowest BCUT2D eigenvalue weighted by Crippen LogP contribution is -2.32. The largest absolute Gasteiger partial charge is 0.403 e. The molecule has 0 spiro atoms. The molecule has 0 aliphatic rings. The number of hydrogen-bond acceptors (Lipinski definition) is 10. The number of carbonyl (C=O) groups is 1. The van der Waals surface area contributed by atoms with Crippen LogP contribution in [0.3, 0.4) is 0 Å². The van der Waals surface area contributed by atoms with Crippen LogP contribution >= 0.6 is 0 Å². The molecule has 0 radical (unpaired) electrons. The monoisotopic (exact) mass is 528 g/mol. The Labute approximate surface area is 207 Å². The second-order valence-corrected chi connectivity index (χ2v) is 11.3. The van der Waals surface area contributed by atoms with Gasteiger partial charge in [-0.15, -0.1) is 5.10 Å². The lowest BCUT2D eigenvalue weighted by molar-refractivity contribution is 0.102. The van der Waals surface area contributed by atoms with Crippen LogP contribution in [0.4, 0.5) is 6.01 Å². The second kappa shape index (κ2) is 11.1. The highest BCUT2D eigenvalue weighted by Gasteiger charge is 2.24. The van der Waals surface area contributed by atoms with Gasteiger partial charge >= 0.3 is 6.01 Å². The van der Waals surface area contributed by atoms with Crippen LogP contribution in [0.5, 0.6) is 0 Å². The van der Waals surface area contributed by atoms with Crippen molar-refractivity contribution in [3.05, 3.63) is 54.1 Å². The van der Waals surface area contributed by atoms with E-state index in [-0.39, 0.29) is 58.8 Å². The van der Waals surface area contributed by atoms with Crippen LogP contribution in [0.25, 0.3) is 11.5 Å². The molecule has 3 rings (SSSR count). The minimum absolute atomic E-state index is 0.0121. The zero-order chi connectivity index (χ0) is 26.3. The van der Waals surface area contributed by atoms with E-state index >= 15 is 0 Å². The highest BCUT2D eigenvalue weighted by Crippen LogP contribution is 2.27. The molecule has 36 heavy (non-hydrogen) atoms. The van der Waals surface area contributed by atoms with Crippen molar-refractivity contribution in [2.75, 3.05) is 24.7 Å². The summed E-state index contributed by atoms with van der Waals surface area (Å²) in [4.78, 5) is 12.5. The van der Waals surface area contributed by atoms with Gasteiger partial charge in [-0.1, -0.05) is 17.2 Å². The molecule has 0 saturated heterocycles. The van der Waals surface area contributed by atoms with E-state index in [9.17, 15) is 21.6 Å². The third kappa shape index (κ3) is 6.11. The predicted octanol–water partition coefficient (Wildman–Crippen LogP) is 2.21.